The van der Waals surface area contributed by atoms with Crippen LogP contribution in [-0.2, 0) is 11.0 Å². The van der Waals surface area contributed by atoms with Crippen LogP contribution in [0.5, 0.6) is 0 Å². The highest BCUT2D eigenvalue weighted by Crippen LogP contribution is 2.48. The minimum absolute atomic E-state index is 0.0724. The van der Waals surface area contributed by atoms with Crippen LogP contribution in [0.15, 0.2) is 36.7 Å². The number of aromatic nitrogens is 3. The Kier molecular flexibility index (Phi) is 4.07. The van der Waals surface area contributed by atoms with Crippen LogP contribution in [-0.4, -0.2) is 31.7 Å². The van der Waals surface area contributed by atoms with E-state index in [0.717, 1.165) is 34.5 Å². The van der Waals surface area contributed by atoms with Gasteiger partial charge in [0.1, 0.15) is 11.6 Å². The third-order valence-electron chi connectivity index (χ3n) is 5.82. The van der Waals surface area contributed by atoms with Crippen LogP contribution >= 0.6 is 12.2 Å². The molecule has 0 bridgehead atoms. The van der Waals surface area contributed by atoms with Crippen LogP contribution in [0.25, 0.3) is 10.9 Å². The summed E-state index contributed by atoms with van der Waals surface area (Å²) < 4.78 is 40.3. The van der Waals surface area contributed by atoms with Crippen molar-refractivity contribution in [3.63, 3.8) is 0 Å². The topological polar surface area (TPSA) is 88.9 Å². The molecule has 1 saturated heterocycles. The van der Waals surface area contributed by atoms with E-state index in [4.69, 9.17) is 17.5 Å². The second-order valence-electron chi connectivity index (χ2n) is 7.48. The molecule has 2 fully saturated rings. The highest BCUT2D eigenvalue weighted by atomic mass is 32.1. The number of rotatable bonds is 2. The number of hydrogen-bond donors (Lipinski definition) is 1. The van der Waals surface area contributed by atoms with E-state index in [9.17, 15) is 18.0 Å². The first kappa shape index (κ1) is 19.4. The number of nitrogens with one attached hydrogen (secondary N) is 1. The predicted molar refractivity (Wildman–Crippen MR) is 109 cm³/mol. The number of H-pyrrole nitrogens is 1. The average molecular weight is 442 g/mol. The number of anilines is 2. The van der Waals surface area contributed by atoms with Crippen molar-refractivity contribution in [3.05, 3.63) is 47.9 Å². The van der Waals surface area contributed by atoms with Crippen LogP contribution in [0.2, 0.25) is 0 Å². The molecule has 11 heteroatoms. The predicted octanol–water partition coefficient (Wildman–Crippen LogP) is 3.91. The van der Waals surface area contributed by atoms with Gasteiger partial charge in [0.15, 0.2) is 10.8 Å². The Morgan fingerprint density at radius 2 is 1.97 bits per heavy atom. The normalized spacial score (nSPS) is 18.0. The highest BCUT2D eigenvalue weighted by molar-refractivity contribution is 7.81. The lowest BCUT2D eigenvalue weighted by molar-refractivity contribution is -0.138. The summed E-state index contributed by atoms with van der Waals surface area (Å²) in [5, 5.41) is 16.8. The summed E-state index contributed by atoms with van der Waals surface area (Å²) in [7, 11) is 0. The molecule has 31 heavy (non-hydrogen) atoms. The molecule has 7 nitrogen and oxygen atoms in total. The number of carbonyl (C=O) groups excluding carboxylic acids is 1. The molecule has 1 spiro atoms. The van der Waals surface area contributed by atoms with Gasteiger partial charge >= 0.3 is 6.18 Å². The first-order valence-corrected chi connectivity index (χ1v) is 9.76. The molecule has 1 saturated carbocycles. The lowest BCUT2D eigenvalue weighted by Gasteiger charge is -2.43. The zero-order valence-corrected chi connectivity index (χ0v) is 16.6. The summed E-state index contributed by atoms with van der Waals surface area (Å²) >= 11 is 5.58. The maximum Gasteiger partial charge on any atom is 0.419 e. The second kappa shape index (κ2) is 6.49. The average Bonchev–Trinajstić information content (AvgIpc) is 3.26. The van der Waals surface area contributed by atoms with E-state index in [2.05, 4.69) is 15.2 Å². The molecule has 1 amide bonds. The molecule has 1 aromatic carbocycles. The molecule has 1 N–H and O–H groups in total. The van der Waals surface area contributed by atoms with Gasteiger partial charge in [-0.15, -0.1) is 0 Å². The summed E-state index contributed by atoms with van der Waals surface area (Å²) in [6, 6.07) is 7.65. The molecule has 3 heterocycles. The number of nitrogens with zero attached hydrogens (tertiary/aromatic N) is 5. The summed E-state index contributed by atoms with van der Waals surface area (Å²) in [6.07, 6.45) is -0.202. The second-order valence-corrected chi connectivity index (χ2v) is 7.85. The monoisotopic (exact) mass is 442 g/mol. The van der Waals surface area contributed by atoms with Crippen LogP contribution in [0.3, 0.4) is 0 Å². The van der Waals surface area contributed by atoms with Gasteiger partial charge in [0.25, 0.3) is 5.91 Å². The molecule has 156 valence electrons. The zero-order valence-electron chi connectivity index (χ0n) is 15.8. The molecule has 5 rings (SSSR count). The number of pyridine rings is 1. The first-order valence-electron chi connectivity index (χ1n) is 9.35. The Labute approximate surface area is 179 Å². The number of fused-ring (bicyclic) bond motifs is 1. The van der Waals surface area contributed by atoms with Crippen LogP contribution < -0.4 is 9.80 Å². The Morgan fingerprint density at radius 3 is 2.61 bits per heavy atom. The number of halogens is 3. The minimum Gasteiger partial charge on any atom is -0.303 e. The molecule has 2 aromatic heterocycles. The highest BCUT2D eigenvalue weighted by Gasteiger charge is 2.59. The van der Waals surface area contributed by atoms with Crippen molar-refractivity contribution in [2.45, 2.75) is 31.0 Å². The number of amides is 1. The smallest absolute Gasteiger partial charge is 0.303 e. The third-order valence-corrected chi connectivity index (χ3v) is 6.18. The van der Waals surface area contributed by atoms with Crippen LogP contribution in [0, 0.1) is 11.3 Å². The zero-order chi connectivity index (χ0) is 22.0. The van der Waals surface area contributed by atoms with Gasteiger partial charge in [0.05, 0.1) is 29.2 Å². The molecule has 0 unspecified atom stereocenters. The Morgan fingerprint density at radius 1 is 1.19 bits per heavy atom. The fourth-order valence-electron chi connectivity index (χ4n) is 4.15. The van der Waals surface area contributed by atoms with Crippen LogP contribution in [0.4, 0.5) is 24.5 Å². The van der Waals surface area contributed by atoms with Gasteiger partial charge in [-0.1, -0.05) is 0 Å². The maximum atomic E-state index is 13.4. The number of carbonyl (C=O) groups is 1. The van der Waals surface area contributed by atoms with Gasteiger partial charge < -0.3 is 4.90 Å². The van der Waals surface area contributed by atoms with Crippen molar-refractivity contribution in [1.29, 1.82) is 5.26 Å². The summed E-state index contributed by atoms with van der Waals surface area (Å²) in [6.45, 7) is 0. The van der Waals surface area contributed by atoms with Gasteiger partial charge in [-0.25, -0.2) is 4.98 Å². The third kappa shape index (κ3) is 2.71. The van der Waals surface area contributed by atoms with Crippen LogP contribution in [0.1, 0.15) is 30.5 Å². The largest absolute Gasteiger partial charge is 0.419 e. The summed E-state index contributed by atoms with van der Waals surface area (Å²) in [5.41, 5.74) is -1.62. The number of thiocarbonyl (C=S) groups is 1. The van der Waals surface area contributed by atoms with E-state index in [-0.39, 0.29) is 10.8 Å². The van der Waals surface area contributed by atoms with Gasteiger partial charge in [-0.2, -0.15) is 23.5 Å². The number of alkyl halides is 3. The fraction of sp³-hybridized carbons (Fsp3) is 0.250. The lowest BCUT2D eigenvalue weighted by atomic mass is 9.75. The van der Waals surface area contributed by atoms with Crippen molar-refractivity contribution >= 4 is 45.5 Å². The number of aromatic amines is 1. The number of nitriles is 1. The SMILES string of the molecule is N#Cc1ncc(N2C(=O)C3(CCC3)N(c3ccc4cn[nH]c4c3)C2=S)cc1C(F)(F)F. The molecule has 3 aromatic rings. The van der Waals surface area contributed by atoms with E-state index < -0.39 is 28.9 Å². The summed E-state index contributed by atoms with van der Waals surface area (Å²) in [5.74, 6) is -0.395. The molecule has 1 aliphatic heterocycles. The van der Waals surface area contributed by atoms with Gasteiger partial charge in [0, 0.05) is 11.1 Å². The first-order chi connectivity index (χ1) is 14.8. The van der Waals surface area contributed by atoms with E-state index in [1.54, 1.807) is 17.2 Å². The molecular weight excluding hydrogens is 429 g/mol. The molecule has 0 atom stereocenters. The Bertz CT molecular complexity index is 1290. The van der Waals surface area contributed by atoms with E-state index in [0.29, 0.717) is 18.5 Å². The summed E-state index contributed by atoms with van der Waals surface area (Å²) in [4.78, 5) is 19.9. The van der Waals surface area contributed by atoms with E-state index >= 15 is 0 Å². The molecule has 1 aliphatic carbocycles. The molecular formula is C20H13F3N6OS. The Balaban J connectivity index is 1.63. The maximum absolute atomic E-state index is 13.4. The van der Waals surface area contributed by atoms with E-state index in [1.807, 2.05) is 12.1 Å². The van der Waals surface area contributed by atoms with Crippen molar-refractivity contribution in [3.8, 4) is 6.07 Å². The Hall–Kier alpha value is -3.52. The van der Waals surface area contributed by atoms with Crippen molar-refractivity contribution in [2.75, 3.05) is 9.80 Å². The molecule has 2 aliphatic rings. The van der Waals surface area contributed by atoms with Crippen molar-refractivity contribution < 1.29 is 18.0 Å². The molecule has 0 radical (unpaired) electrons. The van der Waals surface area contributed by atoms with E-state index in [1.165, 1.54) is 6.07 Å². The number of hydrogen-bond acceptors (Lipinski definition) is 5. The fourth-order valence-corrected chi connectivity index (χ4v) is 4.62. The van der Waals surface area contributed by atoms with Crippen molar-refractivity contribution in [2.24, 2.45) is 0 Å². The van der Waals surface area contributed by atoms with Gasteiger partial charge in [0.2, 0.25) is 0 Å². The van der Waals surface area contributed by atoms with Gasteiger partial charge in [-0.3, -0.25) is 14.8 Å². The quantitative estimate of drug-likeness (QED) is 0.606. The van der Waals surface area contributed by atoms with Crippen molar-refractivity contribution in [1.82, 2.24) is 15.2 Å². The number of benzene rings is 1. The standard InChI is InChI=1S/C20H13F3N6OS/c21-20(22,23)14-6-13(10-25-16(14)8-24)28-17(30)19(4-1-5-19)29(18(28)31)12-3-2-11-9-26-27-15(11)7-12/h2-3,6-7,9-10H,1,4-5H2,(H,26,27). The lowest BCUT2D eigenvalue weighted by Crippen LogP contribution is -2.55. The van der Waals surface area contributed by atoms with Gasteiger partial charge in [-0.05, 0) is 55.7 Å². The minimum atomic E-state index is -4.79.